The van der Waals surface area contributed by atoms with E-state index in [0.717, 1.165) is 0 Å². The zero-order valence-electron chi connectivity index (χ0n) is 13.7. The number of thiol groups is 1. The lowest BCUT2D eigenvalue weighted by Crippen LogP contribution is -2.62. The fourth-order valence-electron chi connectivity index (χ4n) is 2.47. The Hall–Kier alpha value is -0.443. The van der Waals surface area contributed by atoms with Crippen LogP contribution in [0.2, 0.25) is 18.1 Å². The van der Waals surface area contributed by atoms with E-state index in [9.17, 15) is 14.7 Å². The molecule has 0 aromatic heterocycles. The van der Waals surface area contributed by atoms with E-state index in [-0.39, 0.29) is 34.0 Å². The van der Waals surface area contributed by atoms with Crippen molar-refractivity contribution in [2.24, 2.45) is 5.92 Å². The molecule has 0 spiro atoms. The van der Waals surface area contributed by atoms with Crippen molar-refractivity contribution in [3.63, 3.8) is 0 Å². The lowest BCUT2D eigenvalue weighted by atomic mass is 9.92. The van der Waals surface area contributed by atoms with E-state index in [2.05, 4.69) is 46.5 Å². The Balaban J connectivity index is 2.12. The van der Waals surface area contributed by atoms with Gasteiger partial charge in [0.1, 0.15) is 5.37 Å². The predicted octanol–water partition coefficient (Wildman–Crippen LogP) is 3.11. The minimum Gasteiger partial charge on any atom is -0.477 e. The van der Waals surface area contributed by atoms with E-state index >= 15 is 0 Å². The van der Waals surface area contributed by atoms with E-state index in [1.807, 2.05) is 6.92 Å². The topological polar surface area (TPSA) is 66.8 Å². The molecule has 0 unspecified atom stereocenters. The van der Waals surface area contributed by atoms with Crippen molar-refractivity contribution in [3.05, 3.63) is 9.93 Å². The van der Waals surface area contributed by atoms with E-state index in [4.69, 9.17) is 4.43 Å². The van der Waals surface area contributed by atoms with Gasteiger partial charge in [0, 0.05) is 0 Å². The second-order valence-electron chi connectivity index (χ2n) is 7.28. The van der Waals surface area contributed by atoms with Gasteiger partial charge in [0.05, 0.1) is 16.3 Å². The van der Waals surface area contributed by atoms with Crippen molar-refractivity contribution >= 4 is 44.6 Å². The van der Waals surface area contributed by atoms with Gasteiger partial charge >= 0.3 is 5.97 Å². The third-order valence-electron chi connectivity index (χ3n) is 4.76. The molecule has 2 aliphatic rings. The molecule has 0 bridgehead atoms. The quantitative estimate of drug-likeness (QED) is 0.457. The Morgan fingerprint density at radius 1 is 1.45 bits per heavy atom. The summed E-state index contributed by atoms with van der Waals surface area (Å²) in [4.78, 5) is 25.0. The van der Waals surface area contributed by atoms with Crippen LogP contribution in [0.15, 0.2) is 9.93 Å². The maximum Gasteiger partial charge on any atom is 0.354 e. The van der Waals surface area contributed by atoms with Crippen LogP contribution >= 0.6 is 24.4 Å². The summed E-state index contributed by atoms with van der Waals surface area (Å²) >= 11 is 5.53. The Labute approximate surface area is 142 Å². The molecule has 22 heavy (non-hydrogen) atoms. The number of carboxylic acids is 1. The molecule has 1 saturated heterocycles. The highest BCUT2D eigenvalue weighted by Gasteiger charge is 2.58. The van der Waals surface area contributed by atoms with Gasteiger partial charge in [-0.2, -0.15) is 0 Å². The van der Waals surface area contributed by atoms with Crippen LogP contribution in [0, 0.1) is 5.92 Å². The van der Waals surface area contributed by atoms with Crippen molar-refractivity contribution in [2.45, 2.75) is 57.3 Å². The first kappa shape index (κ1) is 17.9. The third kappa shape index (κ3) is 2.74. The first-order chi connectivity index (χ1) is 9.88. The minimum atomic E-state index is -1.97. The molecular formula is C14H23NO4S2Si. The number of rotatable bonds is 4. The summed E-state index contributed by atoms with van der Waals surface area (Å²) in [6.45, 7) is 12.7. The van der Waals surface area contributed by atoms with E-state index < -0.39 is 14.3 Å². The van der Waals surface area contributed by atoms with Crippen molar-refractivity contribution < 1.29 is 19.1 Å². The highest BCUT2D eigenvalue weighted by atomic mass is 32.2. The molecule has 8 heteroatoms. The summed E-state index contributed by atoms with van der Waals surface area (Å²) in [6.07, 6.45) is -0.226. The molecule has 1 N–H and O–H groups in total. The van der Waals surface area contributed by atoms with Crippen LogP contribution in [0.3, 0.4) is 0 Å². The first-order valence-corrected chi connectivity index (χ1v) is 11.5. The highest BCUT2D eigenvalue weighted by molar-refractivity contribution is 8.16. The molecule has 3 atom stereocenters. The Kier molecular flexibility index (Phi) is 4.54. The molecular weight excluding hydrogens is 338 g/mol. The number of fused-ring (bicyclic) bond motifs is 1. The second kappa shape index (κ2) is 5.57. The summed E-state index contributed by atoms with van der Waals surface area (Å²) in [5.41, 5.74) is -0.000824. The average molecular weight is 362 g/mol. The molecule has 0 saturated carbocycles. The van der Waals surface area contributed by atoms with Crippen LogP contribution in [-0.4, -0.2) is 41.7 Å². The van der Waals surface area contributed by atoms with E-state index in [1.165, 1.54) is 16.7 Å². The zero-order valence-corrected chi connectivity index (χ0v) is 16.4. The highest BCUT2D eigenvalue weighted by Crippen LogP contribution is 2.52. The van der Waals surface area contributed by atoms with Gasteiger partial charge in [0.2, 0.25) is 5.91 Å². The molecule has 0 radical (unpaired) electrons. The smallest absolute Gasteiger partial charge is 0.354 e. The number of hydrogen-bond donors (Lipinski definition) is 2. The molecule has 1 amide bonds. The molecule has 2 aliphatic heterocycles. The van der Waals surface area contributed by atoms with Crippen molar-refractivity contribution in [1.82, 2.24) is 4.90 Å². The lowest BCUT2D eigenvalue weighted by molar-refractivity contribution is -0.156. The first-order valence-electron chi connectivity index (χ1n) is 7.22. The normalized spacial score (nSPS) is 26.9. The van der Waals surface area contributed by atoms with Crippen LogP contribution in [0.5, 0.6) is 0 Å². The molecule has 0 aromatic rings. The van der Waals surface area contributed by atoms with Gasteiger partial charge in [-0.15, -0.1) is 12.6 Å². The summed E-state index contributed by atoms with van der Waals surface area (Å²) in [5, 5.41) is 9.07. The number of carboxylic acid groups (broad SMARTS) is 1. The summed E-state index contributed by atoms with van der Waals surface area (Å²) in [5.74, 6) is -1.59. The molecule has 0 aliphatic carbocycles. The van der Waals surface area contributed by atoms with Gasteiger partial charge in [0.25, 0.3) is 0 Å². The number of aliphatic carboxylic acids is 1. The fourth-order valence-corrected chi connectivity index (χ4v) is 5.75. The van der Waals surface area contributed by atoms with Gasteiger partial charge in [0.15, 0.2) is 14.0 Å². The predicted molar refractivity (Wildman–Crippen MR) is 93.1 cm³/mol. The number of nitrogens with zero attached hydrogens (tertiary/aromatic N) is 1. The van der Waals surface area contributed by atoms with Crippen LogP contribution in [-0.2, 0) is 14.0 Å². The molecule has 1 fully saturated rings. The third-order valence-corrected chi connectivity index (χ3v) is 11.0. The van der Waals surface area contributed by atoms with E-state index in [0.29, 0.717) is 4.24 Å². The Morgan fingerprint density at radius 3 is 2.45 bits per heavy atom. The monoisotopic (exact) mass is 361 g/mol. The van der Waals surface area contributed by atoms with E-state index in [1.54, 1.807) is 0 Å². The molecule has 2 rings (SSSR count). The molecule has 0 aromatic carbocycles. The second-order valence-corrected chi connectivity index (χ2v) is 13.9. The number of carbonyl (C=O) groups excluding carboxylic acids is 1. The van der Waals surface area contributed by atoms with Gasteiger partial charge in [-0.3, -0.25) is 9.69 Å². The van der Waals surface area contributed by atoms with Gasteiger partial charge in [-0.05, 0) is 25.1 Å². The minimum absolute atomic E-state index is 0.000824. The maximum absolute atomic E-state index is 12.4. The van der Waals surface area contributed by atoms with Crippen LogP contribution in [0.4, 0.5) is 0 Å². The van der Waals surface area contributed by atoms with Crippen molar-refractivity contribution in [2.75, 3.05) is 0 Å². The SMILES string of the molecule is C[C@H](O[Si](C)(C)C(C)(C)C)[C@@H]1C(=O)N2C(C(=O)O)=C(S)S[C@H]12. The Bertz CT molecular complexity index is 556. The van der Waals surface area contributed by atoms with Gasteiger partial charge in [-0.25, -0.2) is 4.79 Å². The zero-order chi connectivity index (χ0) is 17.0. The van der Waals surface area contributed by atoms with Crippen molar-refractivity contribution in [3.8, 4) is 0 Å². The van der Waals surface area contributed by atoms with Crippen LogP contribution < -0.4 is 0 Å². The van der Waals surface area contributed by atoms with Crippen molar-refractivity contribution in [1.29, 1.82) is 0 Å². The van der Waals surface area contributed by atoms with Gasteiger partial charge < -0.3 is 9.53 Å². The summed E-state index contributed by atoms with van der Waals surface area (Å²) in [6, 6.07) is 0. The number of carbonyl (C=O) groups is 2. The van der Waals surface area contributed by atoms with Gasteiger partial charge in [-0.1, -0.05) is 32.5 Å². The van der Waals surface area contributed by atoms with Crippen LogP contribution in [0.1, 0.15) is 27.7 Å². The number of thioether (sulfide) groups is 1. The van der Waals surface area contributed by atoms with Crippen LogP contribution in [0.25, 0.3) is 0 Å². The summed E-state index contributed by atoms with van der Waals surface area (Å²) < 4.78 is 6.70. The number of hydrogen-bond acceptors (Lipinski definition) is 5. The molecule has 2 heterocycles. The molecule has 5 nitrogen and oxygen atoms in total. The maximum atomic E-state index is 12.4. The molecule has 124 valence electrons. The lowest BCUT2D eigenvalue weighted by Gasteiger charge is -2.48. The fraction of sp³-hybridized carbons (Fsp3) is 0.714. The standard InChI is InChI=1S/C14H23NO4S2Si/c1-7(19-22(5,6)14(2,3)4)8-10(16)15-9(12(17)18)13(20)21-11(8)15/h7-8,11,20H,1-6H3,(H,17,18)/t7-,8+,11+/m0/s1. The number of amides is 1. The summed E-state index contributed by atoms with van der Waals surface area (Å²) in [7, 11) is -1.97. The largest absolute Gasteiger partial charge is 0.477 e. The average Bonchev–Trinajstić information content (AvgIpc) is 2.60. The Morgan fingerprint density at radius 2 is 2.00 bits per heavy atom. The number of β-lactam (4-membered cyclic amide) rings is 1.